The van der Waals surface area contributed by atoms with Gasteiger partial charge in [-0.25, -0.2) is 5.43 Å². The van der Waals surface area contributed by atoms with Crippen molar-refractivity contribution in [1.82, 2.24) is 5.43 Å². The van der Waals surface area contributed by atoms with Gasteiger partial charge in [0.25, 0.3) is 5.91 Å². The van der Waals surface area contributed by atoms with E-state index in [9.17, 15) is 4.79 Å². The van der Waals surface area contributed by atoms with Gasteiger partial charge in [-0.1, -0.05) is 0 Å². The zero-order chi connectivity index (χ0) is 9.34. The van der Waals surface area contributed by atoms with E-state index in [0.717, 1.165) is 24.7 Å². The van der Waals surface area contributed by atoms with Gasteiger partial charge >= 0.3 is 0 Å². The molecule has 0 aromatic carbocycles. The smallest absolute Gasteiger partial charge is 0.252 e. The summed E-state index contributed by atoms with van der Waals surface area (Å²) in [7, 11) is 0. The number of rotatable bonds is 0. The second-order valence-corrected chi connectivity index (χ2v) is 5.56. The minimum Gasteiger partial charge on any atom is -0.272 e. The highest BCUT2D eigenvalue weighted by atomic mass is 16.2. The summed E-state index contributed by atoms with van der Waals surface area (Å²) < 4.78 is 0. The molecule has 1 spiro atoms. The van der Waals surface area contributed by atoms with Gasteiger partial charge in [0.1, 0.15) is 0 Å². The highest BCUT2D eigenvalue weighted by Crippen LogP contribution is 2.59. The van der Waals surface area contributed by atoms with Gasteiger partial charge in [0.15, 0.2) is 0 Å². The fraction of sp³-hybridized carbons (Fsp3) is 0.818. The summed E-state index contributed by atoms with van der Waals surface area (Å²) in [5.74, 6) is 2.47. The summed E-state index contributed by atoms with van der Waals surface area (Å²) in [6.07, 6.45) is 6.15. The molecule has 4 bridgehead atoms. The predicted molar refractivity (Wildman–Crippen MR) is 51.6 cm³/mol. The number of nitrogens with one attached hydrogen (secondary N) is 1. The Morgan fingerprint density at radius 1 is 1.21 bits per heavy atom. The fourth-order valence-electron chi connectivity index (χ4n) is 4.51. The molecule has 2 atom stereocenters. The van der Waals surface area contributed by atoms with Crippen molar-refractivity contribution < 1.29 is 4.79 Å². The molecule has 0 radical (unpaired) electrons. The molecule has 1 amide bonds. The third-order valence-electron chi connectivity index (χ3n) is 4.77. The number of carbonyl (C=O) groups excluding carboxylic acids is 1. The van der Waals surface area contributed by atoms with Crippen molar-refractivity contribution in [3.63, 3.8) is 0 Å². The first-order valence-corrected chi connectivity index (χ1v) is 5.66. The number of nitrogens with zero attached hydrogens (tertiary/aromatic N) is 1. The molecule has 1 N–H and O–H groups in total. The van der Waals surface area contributed by atoms with Crippen molar-refractivity contribution in [3.05, 3.63) is 0 Å². The van der Waals surface area contributed by atoms with E-state index in [0.29, 0.717) is 5.92 Å². The molecule has 74 valence electrons. The maximum Gasteiger partial charge on any atom is 0.252 e. The van der Waals surface area contributed by atoms with Crippen LogP contribution in [0.5, 0.6) is 0 Å². The molecule has 14 heavy (non-hydrogen) atoms. The molecular formula is C11H14N2O. The van der Waals surface area contributed by atoms with E-state index in [-0.39, 0.29) is 11.3 Å². The molecule has 0 aromatic rings. The van der Waals surface area contributed by atoms with Crippen LogP contribution in [0.3, 0.4) is 0 Å². The van der Waals surface area contributed by atoms with Crippen molar-refractivity contribution in [2.75, 3.05) is 0 Å². The van der Waals surface area contributed by atoms with Crippen LogP contribution >= 0.6 is 0 Å². The fourth-order valence-corrected chi connectivity index (χ4v) is 4.51. The first-order valence-electron chi connectivity index (χ1n) is 5.66. The van der Waals surface area contributed by atoms with Crippen LogP contribution in [0.2, 0.25) is 0 Å². The second kappa shape index (κ2) is 2.05. The van der Waals surface area contributed by atoms with E-state index in [1.54, 1.807) is 0 Å². The third-order valence-corrected chi connectivity index (χ3v) is 4.77. The first kappa shape index (κ1) is 7.43. The molecule has 5 aliphatic rings. The SMILES string of the molecule is O=C1NN=C2C3CC4CC(C3)CC12C4. The van der Waals surface area contributed by atoms with Gasteiger partial charge in [-0.3, -0.25) is 4.79 Å². The Labute approximate surface area is 82.9 Å². The lowest BCUT2D eigenvalue weighted by Gasteiger charge is -2.53. The monoisotopic (exact) mass is 190 g/mol. The molecule has 3 nitrogen and oxygen atoms in total. The lowest BCUT2D eigenvalue weighted by atomic mass is 9.49. The largest absolute Gasteiger partial charge is 0.272 e. The van der Waals surface area contributed by atoms with Crippen LogP contribution in [0.15, 0.2) is 5.10 Å². The average Bonchev–Trinajstić information content (AvgIpc) is 2.43. The van der Waals surface area contributed by atoms with E-state index >= 15 is 0 Å². The van der Waals surface area contributed by atoms with Crippen LogP contribution < -0.4 is 5.43 Å². The Kier molecular flexibility index (Phi) is 1.09. The van der Waals surface area contributed by atoms with Gasteiger partial charge < -0.3 is 0 Å². The second-order valence-electron chi connectivity index (χ2n) is 5.56. The van der Waals surface area contributed by atoms with E-state index in [4.69, 9.17) is 0 Å². The maximum atomic E-state index is 11.9. The number of amides is 1. The van der Waals surface area contributed by atoms with Crippen LogP contribution in [-0.4, -0.2) is 11.6 Å². The molecule has 4 aliphatic carbocycles. The Hall–Kier alpha value is -0.860. The van der Waals surface area contributed by atoms with Crippen molar-refractivity contribution in [2.24, 2.45) is 28.3 Å². The van der Waals surface area contributed by atoms with Gasteiger partial charge in [-0.05, 0) is 43.9 Å². The minimum atomic E-state index is -0.130. The molecular weight excluding hydrogens is 176 g/mol. The van der Waals surface area contributed by atoms with E-state index in [2.05, 4.69) is 10.5 Å². The quantitative estimate of drug-likeness (QED) is 0.614. The molecule has 3 heteroatoms. The first-order chi connectivity index (χ1) is 6.78. The molecule has 5 rings (SSSR count). The molecule has 1 aliphatic heterocycles. The van der Waals surface area contributed by atoms with Crippen LogP contribution in [0, 0.1) is 23.2 Å². The highest BCUT2D eigenvalue weighted by molar-refractivity contribution is 6.14. The highest BCUT2D eigenvalue weighted by Gasteiger charge is 2.61. The summed E-state index contributed by atoms with van der Waals surface area (Å²) in [4.78, 5) is 11.9. The summed E-state index contributed by atoms with van der Waals surface area (Å²) >= 11 is 0. The third kappa shape index (κ3) is 0.645. The van der Waals surface area contributed by atoms with Crippen LogP contribution in [0.25, 0.3) is 0 Å². The normalized spacial score (nSPS) is 53.0. The molecule has 0 aromatic heterocycles. The topological polar surface area (TPSA) is 41.5 Å². The van der Waals surface area contributed by atoms with Crippen LogP contribution in [0.4, 0.5) is 0 Å². The van der Waals surface area contributed by atoms with Crippen LogP contribution in [0.1, 0.15) is 32.1 Å². The maximum absolute atomic E-state index is 11.9. The van der Waals surface area contributed by atoms with E-state index < -0.39 is 0 Å². The van der Waals surface area contributed by atoms with Gasteiger partial charge in [0.2, 0.25) is 0 Å². The van der Waals surface area contributed by atoms with Crippen molar-refractivity contribution in [2.45, 2.75) is 32.1 Å². The molecule has 4 fully saturated rings. The van der Waals surface area contributed by atoms with E-state index in [1.807, 2.05) is 0 Å². The predicted octanol–water partition coefficient (Wildman–Crippen LogP) is 1.30. The number of hydrogen-bond donors (Lipinski definition) is 1. The van der Waals surface area contributed by atoms with Gasteiger partial charge in [0.05, 0.1) is 11.1 Å². The molecule has 0 saturated heterocycles. The summed E-state index contributed by atoms with van der Waals surface area (Å²) in [5.41, 5.74) is 3.80. The summed E-state index contributed by atoms with van der Waals surface area (Å²) in [6, 6.07) is 0. The lowest BCUT2D eigenvalue weighted by Crippen LogP contribution is -2.55. The van der Waals surface area contributed by atoms with Crippen molar-refractivity contribution >= 4 is 11.6 Å². The van der Waals surface area contributed by atoms with Crippen LogP contribution in [-0.2, 0) is 4.79 Å². The Bertz CT molecular complexity index is 346. The standard InChI is InChI=1S/C11H14N2O/c14-10-11-4-6-1-7(5-11)3-8(2-6)9(11)12-13-10/h6-8H,1-5H2,(H,13,14). The van der Waals surface area contributed by atoms with Crippen molar-refractivity contribution in [3.8, 4) is 0 Å². The summed E-state index contributed by atoms with van der Waals surface area (Å²) in [6.45, 7) is 0. The minimum absolute atomic E-state index is 0.130. The number of hydrazone groups is 1. The number of hydrogen-bond acceptors (Lipinski definition) is 2. The Morgan fingerprint density at radius 2 is 1.93 bits per heavy atom. The molecule has 4 saturated carbocycles. The van der Waals surface area contributed by atoms with Gasteiger partial charge in [-0.2, -0.15) is 5.10 Å². The van der Waals surface area contributed by atoms with Gasteiger partial charge in [0, 0.05) is 5.92 Å². The lowest BCUT2D eigenvalue weighted by molar-refractivity contribution is -0.131. The Morgan fingerprint density at radius 3 is 2.64 bits per heavy atom. The van der Waals surface area contributed by atoms with Crippen molar-refractivity contribution in [1.29, 1.82) is 0 Å². The van der Waals surface area contributed by atoms with Gasteiger partial charge in [-0.15, -0.1) is 0 Å². The van der Waals surface area contributed by atoms with E-state index in [1.165, 1.54) is 25.0 Å². The molecule has 2 unspecified atom stereocenters. The Balaban J connectivity index is 1.90. The zero-order valence-electron chi connectivity index (χ0n) is 8.12. The zero-order valence-corrected chi connectivity index (χ0v) is 8.12. The average molecular weight is 190 g/mol. The summed E-state index contributed by atoms with van der Waals surface area (Å²) in [5, 5.41) is 4.29. The number of carbonyl (C=O) groups is 1. The molecule has 1 heterocycles.